The number of nitrogens with one attached hydrogen (secondary N) is 2. The zero-order valence-electron chi connectivity index (χ0n) is 16.5. The van der Waals surface area contributed by atoms with Crippen LogP contribution in [0, 0.1) is 10.1 Å². The Morgan fingerprint density at radius 3 is 2.26 bits per heavy atom. The number of nitro benzene ring substituents is 1. The Morgan fingerprint density at radius 1 is 1.10 bits per heavy atom. The first kappa shape index (κ1) is 23.8. The third-order valence-electron chi connectivity index (χ3n) is 4.07. The molecule has 10 nitrogen and oxygen atoms in total. The number of hydrogen-bond acceptors (Lipinski definition) is 8. The smallest absolute Gasteiger partial charge is 0.280 e. The average Bonchev–Trinajstić information content (AvgIpc) is 2.73. The minimum atomic E-state index is -0.855. The van der Waals surface area contributed by atoms with Gasteiger partial charge >= 0.3 is 0 Å². The summed E-state index contributed by atoms with van der Waals surface area (Å²) in [6.07, 6.45) is 0.205. The topological polar surface area (TPSA) is 148 Å². The van der Waals surface area contributed by atoms with E-state index in [4.69, 9.17) is 0 Å². The molecule has 0 spiro atoms. The summed E-state index contributed by atoms with van der Waals surface area (Å²) in [6.45, 7) is 3.03. The molecule has 0 heterocycles. The van der Waals surface area contributed by atoms with Crippen molar-refractivity contribution in [1.29, 1.82) is 0 Å². The second-order valence-electron chi connectivity index (χ2n) is 6.20. The van der Waals surface area contributed by atoms with Crippen molar-refractivity contribution in [2.24, 2.45) is 5.10 Å². The number of benzene rings is 2. The molecule has 0 aliphatic heterocycles. The van der Waals surface area contributed by atoms with Crippen molar-refractivity contribution in [3.63, 3.8) is 0 Å². The zero-order valence-corrected chi connectivity index (χ0v) is 18.6. The highest BCUT2D eigenvalue weighted by atomic mass is 127. The van der Waals surface area contributed by atoms with E-state index < -0.39 is 20.3 Å². The van der Waals surface area contributed by atoms with Crippen molar-refractivity contribution < 1.29 is 24.1 Å². The van der Waals surface area contributed by atoms with E-state index in [2.05, 4.69) is 15.8 Å². The maximum Gasteiger partial charge on any atom is 0.280 e. The molecule has 2 N–H and O–H groups in total. The molecule has 2 aromatic rings. The quantitative estimate of drug-likeness (QED) is 0.0943. The van der Waals surface area contributed by atoms with Gasteiger partial charge in [0, 0.05) is 58.0 Å². The van der Waals surface area contributed by atoms with E-state index >= 15 is 0 Å². The standard InChI is InChI=1S/C20H17IN4O6/c1-3-17(27)15-9-4-12(11(2)26)10-16(15)23-24-18(19(21)28)20(29)22-13-5-7-14(8-6-13)25(30)31/h4-10,23H,3H2,1-2H3,(H,22,29)/b24-18-. The van der Waals surface area contributed by atoms with Gasteiger partial charge in [0.05, 0.1) is 10.6 Å². The van der Waals surface area contributed by atoms with Gasteiger partial charge in [0.2, 0.25) is 9.50 Å². The highest BCUT2D eigenvalue weighted by Gasteiger charge is 2.20. The van der Waals surface area contributed by atoms with Crippen molar-refractivity contribution in [3.05, 3.63) is 63.7 Å². The number of anilines is 2. The van der Waals surface area contributed by atoms with Gasteiger partial charge in [-0.1, -0.05) is 13.0 Å². The van der Waals surface area contributed by atoms with Crippen molar-refractivity contribution >= 4 is 66.6 Å². The predicted molar refractivity (Wildman–Crippen MR) is 123 cm³/mol. The first-order valence-electron chi connectivity index (χ1n) is 8.91. The molecular formula is C20H17IN4O6. The molecule has 2 aromatic carbocycles. The number of hydrazone groups is 1. The number of rotatable bonds is 9. The van der Waals surface area contributed by atoms with Gasteiger partial charge < -0.3 is 5.32 Å². The monoisotopic (exact) mass is 536 g/mol. The molecule has 0 aromatic heterocycles. The van der Waals surface area contributed by atoms with E-state index in [1.807, 2.05) is 0 Å². The number of nitro groups is 1. The van der Waals surface area contributed by atoms with Crippen molar-refractivity contribution in [1.82, 2.24) is 0 Å². The van der Waals surface area contributed by atoms with E-state index in [0.29, 0.717) is 5.56 Å². The predicted octanol–water partition coefficient (Wildman–Crippen LogP) is 3.76. The fraction of sp³-hybridized carbons (Fsp3) is 0.150. The van der Waals surface area contributed by atoms with E-state index in [0.717, 1.165) is 0 Å². The van der Waals surface area contributed by atoms with Crippen molar-refractivity contribution in [2.75, 3.05) is 10.7 Å². The van der Waals surface area contributed by atoms with Gasteiger partial charge in [-0.05, 0) is 31.2 Å². The molecule has 0 atom stereocenters. The molecular weight excluding hydrogens is 519 g/mol. The number of halogens is 1. The van der Waals surface area contributed by atoms with Crippen LogP contribution < -0.4 is 10.7 Å². The Bertz CT molecular complexity index is 1100. The summed E-state index contributed by atoms with van der Waals surface area (Å²) in [7, 11) is 0. The Labute approximate surface area is 190 Å². The molecule has 0 aliphatic rings. The van der Waals surface area contributed by atoms with Gasteiger partial charge in [-0.15, -0.1) is 0 Å². The fourth-order valence-electron chi connectivity index (χ4n) is 2.45. The van der Waals surface area contributed by atoms with Crippen LogP contribution in [0.4, 0.5) is 17.1 Å². The first-order chi connectivity index (χ1) is 14.6. The van der Waals surface area contributed by atoms with Crippen LogP contribution >= 0.6 is 22.6 Å². The minimum Gasteiger partial charge on any atom is -0.320 e. The van der Waals surface area contributed by atoms with E-state index in [1.165, 1.54) is 72.0 Å². The normalized spacial score (nSPS) is 10.9. The van der Waals surface area contributed by atoms with Crippen LogP contribution in [-0.2, 0) is 9.59 Å². The largest absolute Gasteiger partial charge is 0.320 e. The van der Waals surface area contributed by atoms with Crippen LogP contribution in [-0.4, -0.2) is 31.9 Å². The van der Waals surface area contributed by atoms with Crippen molar-refractivity contribution in [2.45, 2.75) is 20.3 Å². The summed E-state index contributed by atoms with van der Waals surface area (Å²) in [6, 6.07) is 9.42. The lowest BCUT2D eigenvalue weighted by Gasteiger charge is -2.10. The van der Waals surface area contributed by atoms with Crippen LogP contribution in [0.2, 0.25) is 0 Å². The number of ketones is 2. The summed E-state index contributed by atoms with van der Waals surface area (Å²) >= 11 is 1.39. The van der Waals surface area contributed by atoms with Gasteiger partial charge in [-0.25, -0.2) is 0 Å². The minimum absolute atomic E-state index is 0.156. The molecule has 2 rings (SSSR count). The number of carbonyl (C=O) groups is 4. The number of non-ortho nitro benzene ring substituents is 1. The van der Waals surface area contributed by atoms with Gasteiger partial charge in [-0.2, -0.15) is 5.10 Å². The molecule has 0 aliphatic carbocycles. The number of amides is 1. The fourth-order valence-corrected chi connectivity index (χ4v) is 2.81. The molecule has 1 amide bonds. The molecule has 0 saturated heterocycles. The lowest BCUT2D eigenvalue weighted by Crippen LogP contribution is -2.28. The molecule has 0 fully saturated rings. The van der Waals surface area contributed by atoms with Gasteiger partial charge in [0.25, 0.3) is 11.6 Å². The maximum absolute atomic E-state index is 12.5. The highest BCUT2D eigenvalue weighted by Crippen LogP contribution is 2.21. The summed E-state index contributed by atoms with van der Waals surface area (Å²) in [5.74, 6) is -1.30. The maximum atomic E-state index is 12.5. The molecule has 0 saturated carbocycles. The van der Waals surface area contributed by atoms with Crippen LogP contribution in [0.5, 0.6) is 0 Å². The highest BCUT2D eigenvalue weighted by molar-refractivity contribution is 14.1. The number of Topliss-reactive ketones (excluding diaryl/α,β-unsaturated/α-hetero) is 2. The van der Waals surface area contributed by atoms with Crippen molar-refractivity contribution in [3.8, 4) is 0 Å². The molecule has 0 unspecified atom stereocenters. The Kier molecular flexibility index (Phi) is 8.07. The third kappa shape index (κ3) is 6.25. The van der Waals surface area contributed by atoms with Crippen LogP contribution in [0.1, 0.15) is 41.0 Å². The van der Waals surface area contributed by atoms with E-state index in [9.17, 15) is 29.3 Å². The number of nitrogens with zero attached hydrogens (tertiary/aromatic N) is 2. The summed E-state index contributed by atoms with van der Waals surface area (Å²) in [5, 5.41) is 17.0. The molecule has 31 heavy (non-hydrogen) atoms. The van der Waals surface area contributed by atoms with Gasteiger partial charge in [0.1, 0.15) is 0 Å². The van der Waals surface area contributed by atoms with Crippen LogP contribution in [0.3, 0.4) is 0 Å². The Hall–Kier alpha value is -3.48. The summed E-state index contributed by atoms with van der Waals surface area (Å²) in [4.78, 5) is 58.4. The molecule has 0 radical (unpaired) electrons. The first-order valence-corrected chi connectivity index (χ1v) is 9.99. The van der Waals surface area contributed by atoms with E-state index in [-0.39, 0.29) is 40.6 Å². The molecule has 160 valence electrons. The second kappa shape index (κ2) is 10.5. The lowest BCUT2D eigenvalue weighted by atomic mass is 10.0. The summed E-state index contributed by atoms with van der Waals surface area (Å²) in [5.41, 5.74) is 2.86. The van der Waals surface area contributed by atoms with E-state index in [1.54, 1.807) is 6.92 Å². The van der Waals surface area contributed by atoms with Crippen LogP contribution in [0.15, 0.2) is 47.6 Å². The number of carbonyl (C=O) groups excluding carboxylic acids is 4. The second-order valence-corrected chi connectivity index (χ2v) is 7.18. The molecule has 11 heteroatoms. The van der Waals surface area contributed by atoms with Gasteiger partial charge in [-0.3, -0.25) is 34.7 Å². The lowest BCUT2D eigenvalue weighted by molar-refractivity contribution is -0.384. The van der Waals surface area contributed by atoms with Crippen LogP contribution in [0.25, 0.3) is 0 Å². The third-order valence-corrected chi connectivity index (χ3v) is 4.58. The number of hydrogen-bond donors (Lipinski definition) is 2. The Balaban J connectivity index is 2.31. The average molecular weight is 536 g/mol. The van der Waals surface area contributed by atoms with Gasteiger partial charge in [0.15, 0.2) is 11.6 Å². The Morgan fingerprint density at radius 2 is 1.74 bits per heavy atom. The zero-order chi connectivity index (χ0) is 23.1. The SMILES string of the molecule is CCC(=O)c1ccc(C(C)=O)cc1N/N=C(/C(=O)I)C(=O)Nc1ccc([N+](=O)[O-])cc1. The summed E-state index contributed by atoms with van der Waals surface area (Å²) < 4.78 is -0.685. The molecule has 0 bridgehead atoms.